The summed E-state index contributed by atoms with van der Waals surface area (Å²) in [7, 11) is 0. The fraction of sp³-hybridized carbons (Fsp3) is 0.214. The standard InChI is InChI=1S/C28H25F2NO3/c1-18-9-6-7-13-22(18)23-15-25(32)31(16-21-12-8-14-24(29)27(21)30)19(2)26(23)28(33)34-17-20-10-4-3-5-11-20/h3-14,23H,15-17H2,1-2H3/t23-/m1/s1. The maximum absolute atomic E-state index is 14.3. The van der Waals surface area contributed by atoms with Gasteiger partial charge in [0.05, 0.1) is 12.1 Å². The first-order valence-corrected chi connectivity index (χ1v) is 11.1. The molecule has 0 aromatic heterocycles. The van der Waals surface area contributed by atoms with Crippen LogP contribution in [0.15, 0.2) is 84.1 Å². The van der Waals surface area contributed by atoms with E-state index in [-0.39, 0.29) is 31.0 Å². The van der Waals surface area contributed by atoms with Crippen molar-refractivity contribution in [2.45, 2.75) is 39.3 Å². The van der Waals surface area contributed by atoms with Gasteiger partial charge in [-0.05, 0) is 36.6 Å². The number of carbonyl (C=O) groups excluding carboxylic acids is 2. The minimum Gasteiger partial charge on any atom is -0.457 e. The van der Waals surface area contributed by atoms with Gasteiger partial charge in [-0.2, -0.15) is 0 Å². The van der Waals surface area contributed by atoms with Crippen molar-refractivity contribution in [1.29, 1.82) is 0 Å². The fourth-order valence-corrected chi connectivity index (χ4v) is 4.35. The Morgan fingerprint density at radius 3 is 2.41 bits per heavy atom. The van der Waals surface area contributed by atoms with Crippen LogP contribution in [-0.2, 0) is 27.5 Å². The lowest BCUT2D eigenvalue weighted by Gasteiger charge is -2.35. The largest absolute Gasteiger partial charge is 0.457 e. The third-order valence-electron chi connectivity index (χ3n) is 6.18. The Labute approximate surface area is 197 Å². The first-order chi connectivity index (χ1) is 16.4. The summed E-state index contributed by atoms with van der Waals surface area (Å²) in [5.74, 6) is -3.28. The fourth-order valence-electron chi connectivity index (χ4n) is 4.35. The van der Waals surface area contributed by atoms with E-state index < -0.39 is 23.5 Å². The molecule has 0 radical (unpaired) electrons. The number of halogens is 2. The highest BCUT2D eigenvalue weighted by Crippen LogP contribution is 2.39. The molecule has 1 atom stereocenters. The first-order valence-electron chi connectivity index (χ1n) is 11.1. The minimum atomic E-state index is -1.00. The van der Waals surface area contributed by atoms with Crippen molar-refractivity contribution in [3.05, 3.63) is 118 Å². The molecule has 0 N–H and O–H groups in total. The van der Waals surface area contributed by atoms with Crippen LogP contribution in [-0.4, -0.2) is 16.8 Å². The number of aryl methyl sites for hydroxylation is 1. The summed E-state index contributed by atoms with van der Waals surface area (Å²) in [4.78, 5) is 27.9. The van der Waals surface area contributed by atoms with Crippen LogP contribution in [0.2, 0.25) is 0 Å². The van der Waals surface area contributed by atoms with E-state index in [0.29, 0.717) is 11.3 Å². The Bertz CT molecular complexity index is 1250. The highest BCUT2D eigenvalue weighted by atomic mass is 19.2. The van der Waals surface area contributed by atoms with Crippen molar-refractivity contribution in [1.82, 2.24) is 4.90 Å². The van der Waals surface area contributed by atoms with Gasteiger partial charge in [0.25, 0.3) is 0 Å². The van der Waals surface area contributed by atoms with Crippen molar-refractivity contribution < 1.29 is 23.1 Å². The minimum absolute atomic E-state index is 0.0227. The van der Waals surface area contributed by atoms with E-state index in [9.17, 15) is 18.4 Å². The zero-order valence-electron chi connectivity index (χ0n) is 19.1. The number of hydrogen-bond donors (Lipinski definition) is 0. The lowest BCUT2D eigenvalue weighted by atomic mass is 9.81. The Morgan fingerprint density at radius 2 is 1.68 bits per heavy atom. The molecule has 4 rings (SSSR count). The van der Waals surface area contributed by atoms with Crippen LogP contribution in [0.1, 0.15) is 41.5 Å². The number of amides is 1. The Morgan fingerprint density at radius 1 is 0.971 bits per heavy atom. The molecule has 0 aliphatic carbocycles. The monoisotopic (exact) mass is 461 g/mol. The Kier molecular flexibility index (Phi) is 6.87. The van der Waals surface area contributed by atoms with Gasteiger partial charge in [0.2, 0.25) is 5.91 Å². The van der Waals surface area contributed by atoms with Gasteiger partial charge in [-0.3, -0.25) is 4.79 Å². The van der Waals surface area contributed by atoms with E-state index in [4.69, 9.17) is 4.74 Å². The summed E-state index contributed by atoms with van der Waals surface area (Å²) in [6.45, 7) is 3.49. The molecule has 0 saturated carbocycles. The molecule has 0 saturated heterocycles. The second kappa shape index (κ2) is 10.00. The van der Waals surface area contributed by atoms with Crippen LogP contribution < -0.4 is 0 Å². The molecule has 4 nitrogen and oxygen atoms in total. The number of benzene rings is 3. The number of ether oxygens (including phenoxy) is 1. The highest BCUT2D eigenvalue weighted by molar-refractivity contribution is 5.96. The molecule has 3 aromatic carbocycles. The average molecular weight is 462 g/mol. The smallest absolute Gasteiger partial charge is 0.336 e. The van der Waals surface area contributed by atoms with E-state index in [1.165, 1.54) is 17.0 Å². The number of esters is 1. The number of rotatable bonds is 6. The van der Waals surface area contributed by atoms with Crippen molar-refractivity contribution in [2.75, 3.05) is 0 Å². The molecule has 0 fully saturated rings. The number of nitrogens with zero attached hydrogens (tertiary/aromatic N) is 1. The second-order valence-electron chi connectivity index (χ2n) is 8.37. The molecule has 0 spiro atoms. The molecule has 6 heteroatoms. The van der Waals surface area contributed by atoms with Crippen molar-refractivity contribution in [3.63, 3.8) is 0 Å². The molecule has 0 unspecified atom stereocenters. The Hall–Kier alpha value is -3.80. The first kappa shape index (κ1) is 23.4. The van der Waals surface area contributed by atoms with Gasteiger partial charge in [-0.25, -0.2) is 13.6 Å². The third kappa shape index (κ3) is 4.76. The maximum atomic E-state index is 14.3. The predicted molar refractivity (Wildman–Crippen MR) is 124 cm³/mol. The number of carbonyl (C=O) groups is 2. The van der Waals surface area contributed by atoms with Crippen molar-refractivity contribution in [3.8, 4) is 0 Å². The number of hydrogen-bond acceptors (Lipinski definition) is 3. The van der Waals surface area contributed by atoms with Crippen LogP contribution in [0.25, 0.3) is 0 Å². The molecule has 34 heavy (non-hydrogen) atoms. The molecule has 1 aliphatic rings. The van der Waals surface area contributed by atoms with Gasteiger partial charge < -0.3 is 9.64 Å². The van der Waals surface area contributed by atoms with Gasteiger partial charge in [0.1, 0.15) is 6.61 Å². The highest BCUT2D eigenvalue weighted by Gasteiger charge is 2.37. The van der Waals surface area contributed by atoms with Crippen LogP contribution >= 0.6 is 0 Å². The average Bonchev–Trinajstić information content (AvgIpc) is 2.83. The molecule has 174 valence electrons. The maximum Gasteiger partial charge on any atom is 0.336 e. The van der Waals surface area contributed by atoms with E-state index in [1.807, 2.05) is 61.5 Å². The quantitative estimate of drug-likeness (QED) is 0.436. The van der Waals surface area contributed by atoms with Gasteiger partial charge in [0.15, 0.2) is 11.6 Å². The van der Waals surface area contributed by atoms with Crippen molar-refractivity contribution in [2.24, 2.45) is 0 Å². The lowest BCUT2D eigenvalue weighted by molar-refractivity contribution is -0.141. The van der Waals surface area contributed by atoms with E-state index in [2.05, 4.69) is 0 Å². The van der Waals surface area contributed by atoms with Crippen LogP contribution in [0.3, 0.4) is 0 Å². The second-order valence-corrected chi connectivity index (χ2v) is 8.37. The lowest BCUT2D eigenvalue weighted by Crippen LogP contribution is -2.38. The van der Waals surface area contributed by atoms with Crippen LogP contribution in [0.5, 0.6) is 0 Å². The molecular weight excluding hydrogens is 436 g/mol. The zero-order chi connectivity index (χ0) is 24.2. The summed E-state index contributed by atoms with van der Waals surface area (Å²) in [6, 6.07) is 20.7. The van der Waals surface area contributed by atoms with E-state index in [1.54, 1.807) is 6.92 Å². The molecule has 3 aromatic rings. The van der Waals surface area contributed by atoms with Crippen LogP contribution in [0.4, 0.5) is 8.78 Å². The van der Waals surface area contributed by atoms with Gasteiger partial charge in [-0.1, -0.05) is 66.7 Å². The molecule has 0 bridgehead atoms. The SMILES string of the molecule is CC1=C(C(=O)OCc2ccccc2)[C@@H](c2ccccc2C)CC(=O)N1Cc1cccc(F)c1F. The molecule has 1 heterocycles. The molecule has 1 aliphatic heterocycles. The summed E-state index contributed by atoms with van der Waals surface area (Å²) >= 11 is 0. The summed E-state index contributed by atoms with van der Waals surface area (Å²) in [5.41, 5.74) is 3.42. The zero-order valence-corrected chi connectivity index (χ0v) is 19.1. The van der Waals surface area contributed by atoms with E-state index >= 15 is 0 Å². The van der Waals surface area contributed by atoms with Gasteiger partial charge in [-0.15, -0.1) is 0 Å². The predicted octanol–water partition coefficient (Wildman–Crippen LogP) is 5.81. The topological polar surface area (TPSA) is 46.6 Å². The number of allylic oxidation sites excluding steroid dienone is 1. The van der Waals surface area contributed by atoms with Gasteiger partial charge in [0, 0.05) is 23.6 Å². The Balaban J connectivity index is 1.72. The van der Waals surface area contributed by atoms with Crippen LogP contribution in [0, 0.1) is 18.6 Å². The summed E-state index contributed by atoms with van der Waals surface area (Å²) in [6.07, 6.45) is 0.0227. The third-order valence-corrected chi connectivity index (χ3v) is 6.18. The summed E-state index contributed by atoms with van der Waals surface area (Å²) < 4.78 is 33.7. The molecular formula is C28H25F2NO3. The van der Waals surface area contributed by atoms with Gasteiger partial charge >= 0.3 is 5.97 Å². The van der Waals surface area contributed by atoms with E-state index in [0.717, 1.165) is 22.8 Å². The normalized spacial score (nSPS) is 16.1. The summed E-state index contributed by atoms with van der Waals surface area (Å²) in [5, 5.41) is 0. The molecule has 1 amide bonds. The van der Waals surface area contributed by atoms with Crippen molar-refractivity contribution >= 4 is 11.9 Å².